The molecule has 0 saturated carbocycles. The summed E-state index contributed by atoms with van der Waals surface area (Å²) in [5.41, 5.74) is 5.77. The lowest BCUT2D eigenvalue weighted by molar-refractivity contribution is -0.120. The van der Waals surface area contributed by atoms with Crippen LogP contribution in [0.25, 0.3) is 0 Å². The van der Waals surface area contributed by atoms with Crippen molar-refractivity contribution in [2.24, 2.45) is 0 Å². The molecule has 104 valence electrons. The summed E-state index contributed by atoms with van der Waals surface area (Å²) in [7, 11) is 0. The molecule has 0 bridgehead atoms. The third kappa shape index (κ3) is 3.02. The van der Waals surface area contributed by atoms with E-state index in [1.165, 1.54) is 0 Å². The predicted molar refractivity (Wildman–Crippen MR) is 80.1 cm³/mol. The topological polar surface area (TPSA) is 84.1 Å². The average molecular weight is 307 g/mol. The van der Waals surface area contributed by atoms with E-state index in [-0.39, 0.29) is 11.9 Å². The molecule has 3 N–H and O–H groups in total. The summed E-state index contributed by atoms with van der Waals surface area (Å²) in [5.74, 6) is 0.930. The lowest BCUT2D eigenvalue weighted by atomic mass is 10.3. The first kappa shape index (κ1) is 13.2. The lowest BCUT2D eigenvalue weighted by Crippen LogP contribution is -2.48. The van der Waals surface area contributed by atoms with Crippen LogP contribution in [-0.2, 0) is 4.79 Å². The van der Waals surface area contributed by atoms with Crippen molar-refractivity contribution >= 4 is 40.8 Å². The van der Waals surface area contributed by atoms with Crippen molar-refractivity contribution < 1.29 is 4.79 Å². The van der Waals surface area contributed by atoms with E-state index in [0.717, 1.165) is 15.8 Å². The first-order chi connectivity index (χ1) is 9.70. The number of hydrogen-bond donors (Lipinski definition) is 2. The number of amides is 1. The molecule has 3 rings (SSSR count). The van der Waals surface area contributed by atoms with E-state index in [1.807, 2.05) is 28.5 Å². The Bertz CT molecular complexity index is 616. The second kappa shape index (κ2) is 5.68. The molecule has 2 aromatic rings. The van der Waals surface area contributed by atoms with Gasteiger partial charge in [0, 0.05) is 19.2 Å². The Hall–Kier alpha value is -1.80. The molecular formula is C12H13N5OS2. The number of rotatable bonds is 3. The van der Waals surface area contributed by atoms with Gasteiger partial charge in [0.2, 0.25) is 11.9 Å². The van der Waals surface area contributed by atoms with Crippen molar-refractivity contribution in [2.45, 2.75) is 9.24 Å². The highest BCUT2D eigenvalue weighted by Crippen LogP contribution is 2.31. The molecule has 1 aliphatic heterocycles. The number of nitrogen functional groups attached to an aromatic ring is 1. The van der Waals surface area contributed by atoms with E-state index in [1.54, 1.807) is 23.1 Å². The minimum absolute atomic E-state index is 0.000827. The summed E-state index contributed by atoms with van der Waals surface area (Å²) >= 11 is 3.20. The second-order valence-corrected chi connectivity index (χ2v) is 6.50. The van der Waals surface area contributed by atoms with Crippen molar-refractivity contribution in [3.05, 3.63) is 23.6 Å². The van der Waals surface area contributed by atoms with Crippen LogP contribution in [-0.4, -0.2) is 35.5 Å². The molecule has 0 radical (unpaired) electrons. The molecule has 3 heterocycles. The lowest BCUT2D eigenvalue weighted by Gasteiger charge is -2.27. The molecule has 20 heavy (non-hydrogen) atoms. The molecule has 2 aromatic heterocycles. The third-order valence-corrected chi connectivity index (χ3v) is 4.72. The van der Waals surface area contributed by atoms with Crippen LogP contribution in [0.4, 0.5) is 11.8 Å². The van der Waals surface area contributed by atoms with Gasteiger partial charge in [-0.05, 0) is 11.4 Å². The highest BCUT2D eigenvalue weighted by molar-refractivity contribution is 8.01. The summed E-state index contributed by atoms with van der Waals surface area (Å²) in [6.45, 7) is 1.65. The van der Waals surface area contributed by atoms with E-state index in [0.29, 0.717) is 18.9 Å². The number of hydrogen-bond acceptors (Lipinski definition) is 7. The number of aromatic nitrogens is 2. The quantitative estimate of drug-likeness (QED) is 0.829. The molecule has 0 aromatic carbocycles. The smallest absolute Gasteiger partial charge is 0.239 e. The zero-order chi connectivity index (χ0) is 13.9. The highest BCUT2D eigenvalue weighted by Gasteiger charge is 2.18. The van der Waals surface area contributed by atoms with Crippen LogP contribution in [0.15, 0.2) is 32.8 Å². The number of piperazine rings is 1. The fourth-order valence-corrected chi connectivity index (χ4v) is 3.62. The average Bonchev–Trinajstić information content (AvgIpc) is 2.91. The Labute approximate surface area is 124 Å². The summed E-state index contributed by atoms with van der Waals surface area (Å²) in [6, 6.07) is 5.90. The summed E-state index contributed by atoms with van der Waals surface area (Å²) in [5, 5.41) is 5.60. The molecule has 0 atom stereocenters. The van der Waals surface area contributed by atoms with E-state index >= 15 is 0 Å². The standard InChI is InChI=1S/C12H13N5OS2/c13-12-15-8(17-4-3-14-9(18)7-17)6-10(16-12)20-11-2-1-5-19-11/h1-2,5-6H,3-4,7H2,(H,14,18)(H2,13,15,16). The van der Waals surface area contributed by atoms with Crippen molar-refractivity contribution in [3.8, 4) is 0 Å². The summed E-state index contributed by atoms with van der Waals surface area (Å²) < 4.78 is 1.14. The van der Waals surface area contributed by atoms with Gasteiger partial charge in [-0.15, -0.1) is 11.3 Å². The normalized spacial score (nSPS) is 15.2. The molecular weight excluding hydrogens is 294 g/mol. The molecule has 1 amide bonds. The number of nitrogens with two attached hydrogens (primary N) is 1. The van der Waals surface area contributed by atoms with Gasteiger partial charge in [0.25, 0.3) is 0 Å². The van der Waals surface area contributed by atoms with Crippen LogP contribution in [0, 0.1) is 0 Å². The fraction of sp³-hybridized carbons (Fsp3) is 0.250. The molecule has 0 aliphatic carbocycles. The minimum atomic E-state index is 0.000827. The summed E-state index contributed by atoms with van der Waals surface area (Å²) in [4.78, 5) is 21.8. The van der Waals surface area contributed by atoms with Crippen molar-refractivity contribution in [3.63, 3.8) is 0 Å². The predicted octanol–water partition coefficient (Wildman–Crippen LogP) is 1.21. The highest BCUT2D eigenvalue weighted by atomic mass is 32.2. The molecule has 0 spiro atoms. The van der Waals surface area contributed by atoms with Crippen molar-refractivity contribution in [2.75, 3.05) is 30.3 Å². The van der Waals surface area contributed by atoms with Crippen LogP contribution >= 0.6 is 23.1 Å². The molecule has 6 nitrogen and oxygen atoms in total. The Morgan fingerprint density at radius 2 is 2.35 bits per heavy atom. The van der Waals surface area contributed by atoms with Gasteiger partial charge in [-0.1, -0.05) is 17.8 Å². The third-order valence-electron chi connectivity index (χ3n) is 2.77. The zero-order valence-electron chi connectivity index (χ0n) is 10.6. The Morgan fingerprint density at radius 3 is 3.10 bits per heavy atom. The van der Waals surface area contributed by atoms with E-state index in [2.05, 4.69) is 15.3 Å². The maximum absolute atomic E-state index is 11.4. The van der Waals surface area contributed by atoms with E-state index in [9.17, 15) is 4.79 Å². The Morgan fingerprint density at radius 1 is 1.45 bits per heavy atom. The SMILES string of the molecule is Nc1nc(Sc2cccs2)cc(N2CCNC(=O)C2)n1. The molecule has 1 saturated heterocycles. The number of carbonyl (C=O) groups excluding carboxylic acids is 1. The number of carbonyl (C=O) groups is 1. The van der Waals surface area contributed by atoms with Crippen LogP contribution in [0.5, 0.6) is 0 Å². The minimum Gasteiger partial charge on any atom is -0.368 e. The second-order valence-electron chi connectivity index (χ2n) is 4.23. The number of thiophene rings is 1. The summed E-state index contributed by atoms with van der Waals surface area (Å²) in [6.07, 6.45) is 0. The first-order valence-electron chi connectivity index (χ1n) is 6.08. The van der Waals surface area contributed by atoms with Crippen LogP contribution in [0.3, 0.4) is 0 Å². The largest absolute Gasteiger partial charge is 0.368 e. The molecule has 8 heteroatoms. The number of anilines is 2. The molecule has 1 fully saturated rings. The van der Waals surface area contributed by atoms with Gasteiger partial charge in [0.15, 0.2) is 0 Å². The van der Waals surface area contributed by atoms with Crippen molar-refractivity contribution in [1.82, 2.24) is 15.3 Å². The maximum atomic E-state index is 11.4. The van der Waals surface area contributed by atoms with Gasteiger partial charge in [0.05, 0.1) is 10.8 Å². The van der Waals surface area contributed by atoms with Gasteiger partial charge in [0.1, 0.15) is 10.8 Å². The monoisotopic (exact) mass is 307 g/mol. The molecule has 1 aliphatic rings. The van der Waals surface area contributed by atoms with Gasteiger partial charge in [-0.3, -0.25) is 4.79 Å². The number of nitrogens with zero attached hydrogens (tertiary/aromatic N) is 3. The maximum Gasteiger partial charge on any atom is 0.239 e. The molecule has 0 unspecified atom stereocenters. The van der Waals surface area contributed by atoms with Crippen molar-refractivity contribution in [1.29, 1.82) is 0 Å². The van der Waals surface area contributed by atoms with Crippen LogP contribution in [0.1, 0.15) is 0 Å². The van der Waals surface area contributed by atoms with E-state index in [4.69, 9.17) is 5.73 Å². The Kier molecular flexibility index (Phi) is 3.75. The van der Waals surface area contributed by atoms with Crippen LogP contribution < -0.4 is 16.0 Å². The van der Waals surface area contributed by atoms with Gasteiger partial charge >= 0.3 is 0 Å². The zero-order valence-corrected chi connectivity index (χ0v) is 12.2. The fourth-order valence-electron chi connectivity index (χ4n) is 1.90. The number of nitrogens with one attached hydrogen (secondary N) is 1. The van der Waals surface area contributed by atoms with E-state index < -0.39 is 0 Å². The Balaban J connectivity index is 1.84. The first-order valence-corrected chi connectivity index (χ1v) is 7.78. The van der Waals surface area contributed by atoms with Gasteiger partial charge in [-0.25, -0.2) is 4.98 Å². The van der Waals surface area contributed by atoms with Crippen LogP contribution in [0.2, 0.25) is 0 Å². The van der Waals surface area contributed by atoms with Gasteiger partial charge in [-0.2, -0.15) is 4.98 Å². The van der Waals surface area contributed by atoms with Gasteiger partial charge < -0.3 is 16.0 Å².